The first-order chi connectivity index (χ1) is 9.42. The Morgan fingerprint density at radius 1 is 1.40 bits per heavy atom. The fraction of sp³-hybridized carbons (Fsp3) is 0.250. The number of nitrogens with one attached hydrogen (secondary N) is 1. The normalized spacial score (nSPS) is 11.6. The molecular weight excluding hydrogens is 348 g/mol. The molecule has 0 amide bonds. The third-order valence-corrected chi connectivity index (χ3v) is 4.44. The van der Waals surface area contributed by atoms with Gasteiger partial charge in [0.05, 0.1) is 19.3 Å². The molecule has 0 radical (unpaired) electrons. The Hall–Kier alpha value is -1.38. The summed E-state index contributed by atoms with van der Waals surface area (Å²) in [5.74, 6) is 0.717. The summed E-state index contributed by atoms with van der Waals surface area (Å²) >= 11 is 3.24. The zero-order valence-corrected chi connectivity index (χ0v) is 13.3. The van der Waals surface area contributed by atoms with Crippen molar-refractivity contribution in [3.63, 3.8) is 0 Å². The van der Waals surface area contributed by atoms with E-state index in [4.69, 9.17) is 9.26 Å². The highest BCUT2D eigenvalue weighted by molar-refractivity contribution is 9.10. The number of hydrogen-bond acceptors (Lipinski definition) is 5. The lowest BCUT2D eigenvalue weighted by Crippen LogP contribution is -2.23. The van der Waals surface area contributed by atoms with Gasteiger partial charge in [-0.25, -0.2) is 13.1 Å². The van der Waals surface area contributed by atoms with Crippen molar-refractivity contribution in [2.75, 3.05) is 7.11 Å². The van der Waals surface area contributed by atoms with Gasteiger partial charge >= 0.3 is 0 Å². The molecule has 0 saturated heterocycles. The number of methoxy groups -OCH3 is 1. The Morgan fingerprint density at radius 2 is 2.15 bits per heavy atom. The van der Waals surface area contributed by atoms with Crippen LogP contribution in [0.1, 0.15) is 11.5 Å². The molecule has 0 saturated carbocycles. The minimum Gasteiger partial charge on any atom is -0.495 e. The van der Waals surface area contributed by atoms with Crippen molar-refractivity contribution in [3.05, 3.63) is 40.2 Å². The zero-order chi connectivity index (χ0) is 14.8. The van der Waals surface area contributed by atoms with Crippen molar-refractivity contribution in [1.29, 1.82) is 0 Å². The van der Waals surface area contributed by atoms with E-state index in [0.717, 1.165) is 0 Å². The predicted molar refractivity (Wildman–Crippen MR) is 76.0 cm³/mol. The Kier molecular flexibility index (Phi) is 4.46. The van der Waals surface area contributed by atoms with Gasteiger partial charge in [-0.2, -0.15) is 0 Å². The number of sulfonamides is 1. The topological polar surface area (TPSA) is 81.4 Å². The van der Waals surface area contributed by atoms with Crippen LogP contribution < -0.4 is 9.46 Å². The van der Waals surface area contributed by atoms with Crippen LogP contribution in [-0.4, -0.2) is 20.7 Å². The summed E-state index contributed by atoms with van der Waals surface area (Å²) in [6, 6.07) is 6.43. The number of benzene rings is 1. The van der Waals surface area contributed by atoms with Gasteiger partial charge < -0.3 is 9.26 Å². The molecule has 0 fully saturated rings. The van der Waals surface area contributed by atoms with E-state index in [2.05, 4.69) is 25.8 Å². The number of halogens is 1. The van der Waals surface area contributed by atoms with E-state index in [-0.39, 0.29) is 17.2 Å². The third-order valence-electron chi connectivity index (χ3n) is 2.53. The summed E-state index contributed by atoms with van der Waals surface area (Å²) in [5.41, 5.74) is 0.694. The second-order valence-corrected chi connectivity index (χ2v) is 6.71. The van der Waals surface area contributed by atoms with Crippen LogP contribution in [0.5, 0.6) is 5.75 Å². The highest BCUT2D eigenvalue weighted by Crippen LogP contribution is 2.27. The van der Waals surface area contributed by atoms with Crippen LogP contribution >= 0.6 is 15.9 Å². The Bertz CT molecular complexity index is 712. The summed E-state index contributed by atoms with van der Waals surface area (Å²) in [5, 5.41) is 3.70. The second kappa shape index (κ2) is 5.94. The first-order valence-electron chi connectivity index (χ1n) is 5.68. The van der Waals surface area contributed by atoms with Gasteiger partial charge in [0.15, 0.2) is 5.76 Å². The van der Waals surface area contributed by atoms with Crippen molar-refractivity contribution in [3.8, 4) is 5.75 Å². The number of nitrogens with zero attached hydrogens (tertiary/aromatic N) is 1. The van der Waals surface area contributed by atoms with Crippen molar-refractivity contribution in [2.45, 2.75) is 18.4 Å². The third kappa shape index (κ3) is 3.38. The smallest absolute Gasteiger partial charge is 0.244 e. The van der Waals surface area contributed by atoms with E-state index in [0.29, 0.717) is 15.9 Å². The zero-order valence-electron chi connectivity index (χ0n) is 10.9. The summed E-state index contributed by atoms with van der Waals surface area (Å²) in [7, 11) is -2.29. The van der Waals surface area contributed by atoms with E-state index in [1.54, 1.807) is 25.1 Å². The minimum atomic E-state index is -3.71. The van der Waals surface area contributed by atoms with Gasteiger partial charge in [0.1, 0.15) is 10.6 Å². The molecule has 1 heterocycles. The first-order valence-corrected chi connectivity index (χ1v) is 7.95. The van der Waals surface area contributed by atoms with Crippen molar-refractivity contribution in [2.24, 2.45) is 0 Å². The molecule has 0 aliphatic rings. The molecule has 2 rings (SSSR count). The molecule has 8 heteroatoms. The standard InChI is InChI=1S/C12H13BrN2O4S/c1-8-5-10(19-15-8)7-14-20(16,17)12-6-9(13)3-4-11(12)18-2/h3-6,14H,7H2,1-2H3. The Balaban J connectivity index is 2.24. The maximum absolute atomic E-state index is 12.3. The SMILES string of the molecule is COc1ccc(Br)cc1S(=O)(=O)NCc1cc(C)no1. The molecule has 1 aromatic heterocycles. The molecule has 2 aromatic rings. The summed E-state index contributed by atoms with van der Waals surface area (Å²) in [4.78, 5) is 0.0608. The van der Waals surface area contributed by atoms with Crippen LogP contribution in [0, 0.1) is 6.92 Å². The Labute approximate surface area is 125 Å². The van der Waals surface area contributed by atoms with E-state index < -0.39 is 10.0 Å². The van der Waals surface area contributed by atoms with Gasteiger partial charge in [-0.05, 0) is 25.1 Å². The molecule has 0 unspecified atom stereocenters. The van der Waals surface area contributed by atoms with Gasteiger partial charge in [-0.1, -0.05) is 21.1 Å². The lowest BCUT2D eigenvalue weighted by molar-refractivity contribution is 0.376. The monoisotopic (exact) mass is 360 g/mol. The highest BCUT2D eigenvalue weighted by Gasteiger charge is 2.20. The molecule has 6 nitrogen and oxygen atoms in total. The minimum absolute atomic E-state index is 0.0266. The number of rotatable bonds is 5. The average Bonchev–Trinajstić information content (AvgIpc) is 2.82. The van der Waals surface area contributed by atoms with Crippen LogP contribution in [0.4, 0.5) is 0 Å². The lowest BCUT2D eigenvalue weighted by atomic mass is 10.3. The predicted octanol–water partition coefficient (Wildman–Crippen LogP) is 2.23. The highest BCUT2D eigenvalue weighted by atomic mass is 79.9. The summed E-state index contributed by atoms with van der Waals surface area (Å²) in [6.45, 7) is 1.79. The number of aryl methyl sites for hydroxylation is 1. The van der Waals surface area contributed by atoms with Gasteiger partial charge in [0, 0.05) is 10.5 Å². The van der Waals surface area contributed by atoms with Crippen LogP contribution in [0.3, 0.4) is 0 Å². The van der Waals surface area contributed by atoms with Gasteiger partial charge in [0.25, 0.3) is 0 Å². The summed E-state index contributed by atoms with van der Waals surface area (Å²) < 4.78 is 37.7. The lowest BCUT2D eigenvalue weighted by Gasteiger charge is -2.10. The van der Waals surface area contributed by atoms with E-state index in [1.807, 2.05) is 0 Å². The maximum atomic E-state index is 12.3. The number of ether oxygens (including phenoxy) is 1. The molecule has 20 heavy (non-hydrogen) atoms. The first kappa shape index (κ1) is 15.0. The number of hydrogen-bond donors (Lipinski definition) is 1. The van der Waals surface area contributed by atoms with Gasteiger partial charge in [0.2, 0.25) is 10.0 Å². The van der Waals surface area contributed by atoms with Crippen LogP contribution in [-0.2, 0) is 16.6 Å². The molecular formula is C12H13BrN2O4S. The van der Waals surface area contributed by atoms with E-state index in [9.17, 15) is 8.42 Å². The molecule has 1 aromatic carbocycles. The second-order valence-electron chi connectivity index (χ2n) is 4.05. The molecule has 1 N–H and O–H groups in total. The molecule has 0 aliphatic heterocycles. The quantitative estimate of drug-likeness (QED) is 0.883. The van der Waals surface area contributed by atoms with Crippen LogP contribution in [0.15, 0.2) is 38.2 Å². The summed E-state index contributed by atoms with van der Waals surface area (Å²) in [6.07, 6.45) is 0. The Morgan fingerprint density at radius 3 is 2.75 bits per heavy atom. The fourth-order valence-corrected chi connectivity index (χ4v) is 3.30. The van der Waals surface area contributed by atoms with Crippen molar-refractivity contribution < 1.29 is 17.7 Å². The molecule has 0 atom stereocenters. The molecule has 108 valence electrons. The van der Waals surface area contributed by atoms with Gasteiger partial charge in [-0.15, -0.1) is 0 Å². The molecule has 0 bridgehead atoms. The van der Waals surface area contributed by atoms with Crippen LogP contribution in [0.25, 0.3) is 0 Å². The fourth-order valence-electron chi connectivity index (χ4n) is 1.60. The van der Waals surface area contributed by atoms with E-state index >= 15 is 0 Å². The maximum Gasteiger partial charge on any atom is 0.244 e. The number of aromatic nitrogens is 1. The van der Waals surface area contributed by atoms with Crippen molar-refractivity contribution >= 4 is 26.0 Å². The average molecular weight is 361 g/mol. The van der Waals surface area contributed by atoms with Crippen LogP contribution in [0.2, 0.25) is 0 Å². The molecule has 0 spiro atoms. The largest absolute Gasteiger partial charge is 0.495 e. The van der Waals surface area contributed by atoms with Gasteiger partial charge in [-0.3, -0.25) is 0 Å². The molecule has 0 aliphatic carbocycles. The van der Waals surface area contributed by atoms with E-state index in [1.165, 1.54) is 13.2 Å². The van der Waals surface area contributed by atoms with Crippen molar-refractivity contribution in [1.82, 2.24) is 9.88 Å².